The summed E-state index contributed by atoms with van der Waals surface area (Å²) in [5.74, 6) is 5.91. The zero-order chi connectivity index (χ0) is 19.3. The molecule has 0 fully saturated rings. The van der Waals surface area contributed by atoms with Gasteiger partial charge in [0.25, 0.3) is 0 Å². The Bertz CT molecular complexity index is 926. The molecule has 0 saturated carbocycles. The molecule has 0 spiro atoms. The molecule has 0 bridgehead atoms. The topological polar surface area (TPSA) is 75.2 Å². The van der Waals surface area contributed by atoms with Gasteiger partial charge in [-0.2, -0.15) is 0 Å². The number of rotatable bonds is 7. The number of hydrogen-bond acceptors (Lipinski definition) is 4. The monoisotopic (exact) mass is 390 g/mol. The van der Waals surface area contributed by atoms with Crippen LogP contribution < -0.4 is 0 Å². The summed E-state index contributed by atoms with van der Waals surface area (Å²) >= 11 is 7.43. The smallest absolute Gasteiger partial charge is 0.313 e. The predicted molar refractivity (Wildman–Crippen MR) is 105 cm³/mol. The van der Waals surface area contributed by atoms with Gasteiger partial charge in [-0.1, -0.05) is 47.9 Å². The number of allylic oxidation sites excluding steroid dienone is 2. The number of ether oxygens (including phenoxy) is 1. The Kier molecular flexibility index (Phi) is 6.41. The molecular weight excluding hydrogens is 372 g/mol. The maximum atomic E-state index is 10.7. The minimum absolute atomic E-state index is 0.0682. The van der Waals surface area contributed by atoms with E-state index in [-0.39, 0.29) is 5.75 Å². The average Bonchev–Trinajstić information content (AvgIpc) is 2.99. The van der Waals surface area contributed by atoms with Crippen LogP contribution in [0.4, 0.5) is 0 Å². The number of benzene rings is 1. The van der Waals surface area contributed by atoms with Gasteiger partial charge in [0.05, 0.1) is 40.1 Å². The maximum absolute atomic E-state index is 10.7. The summed E-state index contributed by atoms with van der Waals surface area (Å²) in [6, 6.07) is 3.51. The Morgan fingerprint density at radius 3 is 2.92 bits per heavy atom. The van der Waals surface area contributed by atoms with Gasteiger partial charge in [-0.05, 0) is 19.1 Å². The van der Waals surface area contributed by atoms with Gasteiger partial charge in [-0.3, -0.25) is 4.79 Å². The number of aromatic amines is 1. The Morgan fingerprint density at radius 2 is 2.31 bits per heavy atom. The second-order valence-electron chi connectivity index (χ2n) is 5.86. The van der Waals surface area contributed by atoms with E-state index in [0.717, 1.165) is 17.3 Å². The molecule has 136 valence electrons. The third-order valence-corrected chi connectivity index (χ3v) is 4.84. The summed E-state index contributed by atoms with van der Waals surface area (Å²) in [7, 11) is 1.57. The first-order chi connectivity index (χ1) is 12.3. The molecule has 2 N–H and O–H groups in total. The van der Waals surface area contributed by atoms with E-state index in [2.05, 4.69) is 35.0 Å². The number of aliphatic carboxylic acids is 1. The molecule has 1 heterocycles. The molecule has 5 nitrogen and oxygen atoms in total. The number of carboxylic acid groups (broad SMARTS) is 1. The van der Waals surface area contributed by atoms with E-state index in [4.69, 9.17) is 21.4 Å². The molecule has 26 heavy (non-hydrogen) atoms. The molecule has 0 amide bonds. The van der Waals surface area contributed by atoms with E-state index >= 15 is 0 Å². The van der Waals surface area contributed by atoms with E-state index in [1.165, 1.54) is 0 Å². The number of carbonyl (C=O) groups is 1. The molecule has 2 aromatic rings. The van der Waals surface area contributed by atoms with Gasteiger partial charge in [0, 0.05) is 12.0 Å². The number of thioether (sulfide) groups is 1. The third-order valence-electron chi connectivity index (χ3n) is 3.67. The van der Waals surface area contributed by atoms with Gasteiger partial charge in [-0.15, -0.1) is 6.58 Å². The normalized spacial score (nSPS) is 12.7. The van der Waals surface area contributed by atoms with Crippen molar-refractivity contribution in [2.24, 2.45) is 5.41 Å². The zero-order valence-corrected chi connectivity index (χ0v) is 16.1. The molecule has 0 aliphatic heterocycles. The van der Waals surface area contributed by atoms with Crippen LogP contribution >= 0.6 is 23.4 Å². The lowest BCUT2D eigenvalue weighted by Gasteiger charge is -2.19. The number of fused-ring (bicyclic) bond motifs is 1. The molecular formula is C19H19ClN2O3S. The lowest BCUT2D eigenvalue weighted by molar-refractivity contribution is -0.133. The van der Waals surface area contributed by atoms with E-state index < -0.39 is 11.4 Å². The average molecular weight is 391 g/mol. The number of methoxy groups -OCH3 is 1. The third kappa shape index (κ3) is 5.07. The highest BCUT2D eigenvalue weighted by Crippen LogP contribution is 2.28. The fourth-order valence-electron chi connectivity index (χ4n) is 2.16. The van der Waals surface area contributed by atoms with Crippen molar-refractivity contribution in [3.63, 3.8) is 0 Å². The number of nitrogens with zero attached hydrogens (tertiary/aromatic N) is 1. The van der Waals surface area contributed by atoms with E-state index in [0.29, 0.717) is 33.4 Å². The quantitative estimate of drug-likeness (QED) is 0.315. The van der Waals surface area contributed by atoms with Gasteiger partial charge < -0.3 is 14.8 Å². The minimum Gasteiger partial charge on any atom is -0.502 e. The summed E-state index contributed by atoms with van der Waals surface area (Å²) in [6.07, 6.45) is 2.29. The summed E-state index contributed by atoms with van der Waals surface area (Å²) in [4.78, 5) is 18.1. The molecule has 0 aliphatic carbocycles. The number of H-pyrrole nitrogens is 1. The Morgan fingerprint density at radius 1 is 1.58 bits per heavy atom. The number of aromatic nitrogens is 2. The molecule has 7 heteroatoms. The largest absolute Gasteiger partial charge is 0.502 e. The molecule has 1 atom stereocenters. The van der Waals surface area contributed by atoms with Crippen LogP contribution in [0, 0.1) is 17.3 Å². The minimum atomic E-state index is -0.901. The van der Waals surface area contributed by atoms with Crippen LogP contribution in [-0.4, -0.2) is 33.9 Å². The summed E-state index contributed by atoms with van der Waals surface area (Å²) in [5, 5.41) is 9.76. The number of carboxylic acids is 1. The van der Waals surface area contributed by atoms with Crippen molar-refractivity contribution < 1.29 is 14.6 Å². The van der Waals surface area contributed by atoms with Gasteiger partial charge in [0.2, 0.25) is 0 Å². The van der Waals surface area contributed by atoms with Crippen LogP contribution in [0.2, 0.25) is 5.02 Å². The highest BCUT2D eigenvalue weighted by atomic mass is 35.5. The lowest BCUT2D eigenvalue weighted by atomic mass is 9.86. The van der Waals surface area contributed by atoms with Crippen molar-refractivity contribution in [1.82, 2.24) is 9.97 Å². The van der Waals surface area contributed by atoms with Crippen molar-refractivity contribution in [1.29, 1.82) is 0 Å². The molecule has 0 aliphatic rings. The SMILES string of the molecule is C=CC(C)(C#Cc1cc2[nH]c(SCC(=O)O)nc2cc1Cl)CC(=C)OC. The second-order valence-corrected chi connectivity index (χ2v) is 7.24. The van der Waals surface area contributed by atoms with Crippen LogP contribution in [-0.2, 0) is 9.53 Å². The van der Waals surface area contributed by atoms with Crippen LogP contribution in [0.3, 0.4) is 0 Å². The van der Waals surface area contributed by atoms with Crippen molar-refractivity contribution in [3.05, 3.63) is 47.7 Å². The number of nitrogens with one attached hydrogen (secondary N) is 1. The van der Waals surface area contributed by atoms with Crippen LogP contribution in [0.5, 0.6) is 0 Å². The van der Waals surface area contributed by atoms with Crippen LogP contribution in [0.15, 0.2) is 42.3 Å². The first-order valence-corrected chi connectivity index (χ1v) is 9.05. The highest BCUT2D eigenvalue weighted by molar-refractivity contribution is 7.99. The summed E-state index contributed by atoms with van der Waals surface area (Å²) < 4.78 is 5.13. The van der Waals surface area contributed by atoms with Gasteiger partial charge in [0.15, 0.2) is 5.16 Å². The van der Waals surface area contributed by atoms with Gasteiger partial charge in [0.1, 0.15) is 0 Å². The van der Waals surface area contributed by atoms with Crippen molar-refractivity contribution in [3.8, 4) is 11.8 Å². The standard InChI is InChI=1S/C19H19ClN2O3S/c1-5-19(3,10-12(2)25-4)7-6-13-8-15-16(9-14(13)20)22-18(21-15)26-11-17(23)24/h5,8-9H,1-2,10-11H2,3-4H3,(H,21,22)(H,23,24). The number of imidazole rings is 1. The van der Waals surface area contributed by atoms with Crippen molar-refractivity contribution >= 4 is 40.4 Å². The number of hydrogen-bond donors (Lipinski definition) is 2. The van der Waals surface area contributed by atoms with Crippen LogP contribution in [0.1, 0.15) is 18.9 Å². The molecule has 2 rings (SSSR count). The molecule has 1 aromatic carbocycles. The van der Waals surface area contributed by atoms with E-state index in [9.17, 15) is 4.79 Å². The fourth-order valence-corrected chi connectivity index (χ4v) is 2.97. The zero-order valence-electron chi connectivity index (χ0n) is 14.6. The number of halogens is 1. The molecule has 1 unspecified atom stereocenters. The lowest BCUT2D eigenvalue weighted by Crippen LogP contribution is -2.11. The van der Waals surface area contributed by atoms with Crippen molar-refractivity contribution in [2.45, 2.75) is 18.5 Å². The summed E-state index contributed by atoms with van der Waals surface area (Å²) in [6.45, 7) is 9.62. The molecule has 0 radical (unpaired) electrons. The Balaban J connectivity index is 2.32. The highest BCUT2D eigenvalue weighted by Gasteiger charge is 2.19. The molecule has 1 aromatic heterocycles. The second kappa shape index (κ2) is 8.35. The van der Waals surface area contributed by atoms with Gasteiger partial charge in [-0.25, -0.2) is 4.98 Å². The molecule has 0 saturated heterocycles. The fraction of sp³-hybridized carbons (Fsp3) is 0.263. The van der Waals surface area contributed by atoms with E-state index in [1.54, 1.807) is 25.3 Å². The van der Waals surface area contributed by atoms with Crippen molar-refractivity contribution in [2.75, 3.05) is 12.9 Å². The Labute approximate surface area is 161 Å². The van der Waals surface area contributed by atoms with Gasteiger partial charge >= 0.3 is 5.97 Å². The van der Waals surface area contributed by atoms with Crippen LogP contribution in [0.25, 0.3) is 11.0 Å². The maximum Gasteiger partial charge on any atom is 0.313 e. The first-order valence-electron chi connectivity index (χ1n) is 7.68. The Hall–Kier alpha value is -2.36. The first kappa shape index (κ1) is 20.0. The predicted octanol–water partition coefficient (Wildman–Crippen LogP) is 4.49. The summed E-state index contributed by atoms with van der Waals surface area (Å²) in [5.41, 5.74) is 1.55. The van der Waals surface area contributed by atoms with E-state index in [1.807, 2.05) is 6.92 Å².